The molecule has 0 heterocycles. The molecule has 0 fully saturated rings. The number of nitrogens with one attached hydrogen (secondary N) is 2. The molecular formula is C25H30N2O5. The predicted octanol–water partition coefficient (Wildman–Crippen LogP) is 4.06. The van der Waals surface area contributed by atoms with Gasteiger partial charge in [0.05, 0.1) is 6.42 Å². The second-order valence-electron chi connectivity index (χ2n) is 8.23. The lowest BCUT2D eigenvalue weighted by Crippen LogP contribution is -2.42. The van der Waals surface area contributed by atoms with E-state index in [0.717, 1.165) is 28.7 Å². The van der Waals surface area contributed by atoms with Crippen LogP contribution in [0.15, 0.2) is 48.5 Å². The highest BCUT2D eigenvalue weighted by Gasteiger charge is 2.29. The molecule has 170 valence electrons. The molecule has 1 aliphatic rings. The molecule has 7 heteroatoms. The number of carboxylic acid groups (broad SMARTS) is 1. The third-order valence-corrected chi connectivity index (χ3v) is 5.62. The van der Waals surface area contributed by atoms with Gasteiger partial charge in [-0.15, -0.1) is 0 Å². The second-order valence-corrected chi connectivity index (χ2v) is 8.23. The smallest absolute Gasteiger partial charge is 0.407 e. The van der Waals surface area contributed by atoms with Crippen LogP contribution in [0.3, 0.4) is 0 Å². The van der Waals surface area contributed by atoms with Gasteiger partial charge in [-0.1, -0.05) is 61.9 Å². The van der Waals surface area contributed by atoms with Crippen LogP contribution in [0.4, 0.5) is 4.79 Å². The Balaban J connectivity index is 1.57. The molecule has 0 spiro atoms. The zero-order valence-electron chi connectivity index (χ0n) is 18.5. The van der Waals surface area contributed by atoms with Gasteiger partial charge in [-0.05, 0) is 35.6 Å². The average molecular weight is 439 g/mol. The number of amides is 2. The maximum atomic E-state index is 12.5. The Morgan fingerprint density at radius 2 is 1.56 bits per heavy atom. The molecule has 2 amide bonds. The van der Waals surface area contributed by atoms with E-state index in [-0.39, 0.29) is 37.3 Å². The van der Waals surface area contributed by atoms with Crippen molar-refractivity contribution in [3.8, 4) is 11.1 Å². The highest BCUT2D eigenvalue weighted by atomic mass is 16.5. The van der Waals surface area contributed by atoms with Gasteiger partial charge in [-0.3, -0.25) is 9.59 Å². The number of carbonyl (C=O) groups is 3. The molecule has 0 saturated carbocycles. The van der Waals surface area contributed by atoms with Gasteiger partial charge in [0.2, 0.25) is 5.91 Å². The van der Waals surface area contributed by atoms with Gasteiger partial charge in [0.15, 0.2) is 0 Å². The van der Waals surface area contributed by atoms with E-state index >= 15 is 0 Å². The fourth-order valence-electron chi connectivity index (χ4n) is 4.25. The zero-order chi connectivity index (χ0) is 23.1. The van der Waals surface area contributed by atoms with Crippen molar-refractivity contribution in [2.24, 2.45) is 0 Å². The van der Waals surface area contributed by atoms with Gasteiger partial charge in [-0.25, -0.2) is 4.79 Å². The highest BCUT2D eigenvalue weighted by molar-refractivity contribution is 5.80. The molecule has 2 aromatic rings. The van der Waals surface area contributed by atoms with Crippen molar-refractivity contribution in [1.29, 1.82) is 0 Å². The largest absolute Gasteiger partial charge is 0.481 e. The lowest BCUT2D eigenvalue weighted by Gasteiger charge is -2.20. The fraction of sp³-hybridized carbons (Fsp3) is 0.400. The summed E-state index contributed by atoms with van der Waals surface area (Å²) in [5.74, 6) is -1.30. The average Bonchev–Trinajstić information content (AvgIpc) is 3.05. The normalized spacial score (nSPS) is 14.1. The van der Waals surface area contributed by atoms with Crippen LogP contribution >= 0.6 is 0 Å². The van der Waals surface area contributed by atoms with E-state index in [1.54, 1.807) is 6.92 Å². The number of carboxylic acids is 1. The molecule has 7 nitrogen and oxygen atoms in total. The Morgan fingerprint density at radius 1 is 0.969 bits per heavy atom. The van der Waals surface area contributed by atoms with Crippen LogP contribution < -0.4 is 10.6 Å². The molecule has 3 rings (SSSR count). The van der Waals surface area contributed by atoms with E-state index in [9.17, 15) is 14.4 Å². The molecule has 2 atom stereocenters. The number of hydrogen-bond acceptors (Lipinski definition) is 4. The lowest BCUT2D eigenvalue weighted by molar-refractivity contribution is -0.137. The molecule has 2 aromatic carbocycles. The Labute approximate surface area is 188 Å². The maximum absolute atomic E-state index is 12.5. The first kappa shape index (κ1) is 23.3. The van der Waals surface area contributed by atoms with Crippen LogP contribution in [-0.2, 0) is 14.3 Å². The van der Waals surface area contributed by atoms with Crippen molar-refractivity contribution in [2.45, 2.75) is 57.5 Å². The van der Waals surface area contributed by atoms with Crippen LogP contribution in [0.1, 0.15) is 56.6 Å². The van der Waals surface area contributed by atoms with Crippen molar-refractivity contribution in [3.63, 3.8) is 0 Å². The first-order chi connectivity index (χ1) is 15.4. The van der Waals surface area contributed by atoms with Crippen molar-refractivity contribution in [3.05, 3.63) is 59.7 Å². The molecule has 0 bridgehead atoms. The van der Waals surface area contributed by atoms with Crippen LogP contribution in [-0.4, -0.2) is 41.8 Å². The molecule has 0 radical (unpaired) electrons. The standard InChI is InChI=1S/C25H30N2O5/c1-3-8-17(14-23(28)26-16(2)13-24(29)30)27-25(31)32-15-22-20-11-6-4-9-18(20)19-10-5-7-12-21(19)22/h4-7,9-12,16-17,22H,3,8,13-15H2,1-2H3,(H,26,28)(H,27,31)(H,29,30)/t16-,17-/m1/s1. The molecule has 0 aliphatic heterocycles. The number of ether oxygens (including phenoxy) is 1. The molecule has 32 heavy (non-hydrogen) atoms. The van der Waals surface area contributed by atoms with E-state index < -0.39 is 18.1 Å². The topological polar surface area (TPSA) is 105 Å². The minimum atomic E-state index is -0.973. The number of hydrogen-bond donors (Lipinski definition) is 3. The zero-order valence-corrected chi connectivity index (χ0v) is 18.5. The van der Waals surface area contributed by atoms with E-state index in [1.807, 2.05) is 31.2 Å². The Morgan fingerprint density at radius 3 is 2.12 bits per heavy atom. The number of aliphatic carboxylic acids is 1. The first-order valence-corrected chi connectivity index (χ1v) is 11.0. The van der Waals surface area contributed by atoms with Crippen LogP contribution in [0.25, 0.3) is 11.1 Å². The van der Waals surface area contributed by atoms with Gasteiger partial charge in [0, 0.05) is 24.4 Å². The van der Waals surface area contributed by atoms with Crippen molar-refractivity contribution < 1.29 is 24.2 Å². The number of fused-ring (bicyclic) bond motifs is 3. The number of benzene rings is 2. The summed E-state index contributed by atoms with van der Waals surface area (Å²) in [4.78, 5) is 35.5. The van der Waals surface area contributed by atoms with E-state index in [2.05, 4.69) is 34.9 Å². The lowest BCUT2D eigenvalue weighted by atomic mass is 9.98. The van der Waals surface area contributed by atoms with E-state index in [1.165, 1.54) is 0 Å². The van der Waals surface area contributed by atoms with Crippen molar-refractivity contribution >= 4 is 18.0 Å². The summed E-state index contributed by atoms with van der Waals surface area (Å²) in [5, 5.41) is 14.3. The van der Waals surface area contributed by atoms with Gasteiger partial charge >= 0.3 is 12.1 Å². The van der Waals surface area contributed by atoms with Gasteiger partial charge in [0.1, 0.15) is 6.61 Å². The second kappa shape index (κ2) is 10.8. The summed E-state index contributed by atoms with van der Waals surface area (Å²) < 4.78 is 5.57. The quantitative estimate of drug-likeness (QED) is 0.519. The number of rotatable bonds is 10. The fourth-order valence-corrected chi connectivity index (χ4v) is 4.25. The predicted molar refractivity (Wildman–Crippen MR) is 121 cm³/mol. The molecule has 0 aromatic heterocycles. The van der Waals surface area contributed by atoms with Crippen LogP contribution in [0, 0.1) is 0 Å². The summed E-state index contributed by atoms with van der Waals surface area (Å²) in [6.45, 7) is 3.82. The molecule has 0 saturated heterocycles. The summed E-state index contributed by atoms with van der Waals surface area (Å²) >= 11 is 0. The molecule has 1 aliphatic carbocycles. The van der Waals surface area contributed by atoms with Crippen molar-refractivity contribution in [1.82, 2.24) is 10.6 Å². The third kappa shape index (κ3) is 5.87. The molecule has 0 unspecified atom stereocenters. The third-order valence-electron chi connectivity index (χ3n) is 5.62. The molecule has 3 N–H and O–H groups in total. The van der Waals surface area contributed by atoms with Crippen LogP contribution in [0.5, 0.6) is 0 Å². The summed E-state index contributed by atoms with van der Waals surface area (Å²) in [7, 11) is 0. The van der Waals surface area contributed by atoms with Gasteiger partial charge in [-0.2, -0.15) is 0 Å². The molecular weight excluding hydrogens is 408 g/mol. The minimum Gasteiger partial charge on any atom is -0.481 e. The van der Waals surface area contributed by atoms with Gasteiger partial charge in [0.25, 0.3) is 0 Å². The maximum Gasteiger partial charge on any atom is 0.407 e. The van der Waals surface area contributed by atoms with E-state index in [4.69, 9.17) is 9.84 Å². The summed E-state index contributed by atoms with van der Waals surface area (Å²) in [5.41, 5.74) is 4.60. The van der Waals surface area contributed by atoms with Crippen molar-refractivity contribution in [2.75, 3.05) is 6.61 Å². The summed E-state index contributed by atoms with van der Waals surface area (Å²) in [6.07, 6.45) is 0.764. The van der Waals surface area contributed by atoms with Crippen LogP contribution in [0.2, 0.25) is 0 Å². The number of alkyl carbamates (subject to hydrolysis) is 1. The summed E-state index contributed by atoms with van der Waals surface area (Å²) in [6, 6.07) is 15.4. The first-order valence-electron chi connectivity index (χ1n) is 11.0. The Bertz CT molecular complexity index is 929. The Kier molecular flexibility index (Phi) is 7.87. The van der Waals surface area contributed by atoms with E-state index in [0.29, 0.717) is 6.42 Å². The minimum absolute atomic E-state index is 0.0297. The van der Waals surface area contributed by atoms with Gasteiger partial charge < -0.3 is 20.5 Å². The monoisotopic (exact) mass is 438 g/mol. The highest BCUT2D eigenvalue weighted by Crippen LogP contribution is 2.44. The SMILES string of the molecule is CCC[C@H](CC(=O)N[C@H](C)CC(=O)O)NC(=O)OCC1c2ccccc2-c2ccccc21. The Hall–Kier alpha value is -3.35. The number of carbonyl (C=O) groups excluding carboxylic acids is 2.